The summed E-state index contributed by atoms with van der Waals surface area (Å²) in [7, 11) is 0. The molecule has 1 fully saturated rings. The van der Waals surface area contributed by atoms with E-state index in [2.05, 4.69) is 5.32 Å². The van der Waals surface area contributed by atoms with Gasteiger partial charge in [-0.25, -0.2) is 4.79 Å². The van der Waals surface area contributed by atoms with Gasteiger partial charge in [0.05, 0.1) is 11.0 Å². The van der Waals surface area contributed by atoms with Crippen molar-refractivity contribution in [1.82, 2.24) is 0 Å². The molecule has 0 heterocycles. The third kappa shape index (κ3) is 3.69. The molecule has 0 spiro atoms. The van der Waals surface area contributed by atoms with Gasteiger partial charge < -0.3 is 15.5 Å². The zero-order chi connectivity index (χ0) is 15.4. The molecule has 0 bridgehead atoms. The number of nitrogens with zero attached hydrogens (tertiary/aromatic N) is 1. The Balaban J connectivity index is 2.11. The second kappa shape index (κ2) is 6.53. The number of anilines is 1. The Bertz CT molecular complexity index is 538. The van der Waals surface area contributed by atoms with Gasteiger partial charge in [-0.3, -0.25) is 10.1 Å². The highest BCUT2D eigenvalue weighted by Gasteiger charge is 2.25. The maximum absolute atomic E-state index is 11.1. The first-order chi connectivity index (χ1) is 9.99. The topological polar surface area (TPSA) is 113 Å². The van der Waals surface area contributed by atoms with Gasteiger partial charge in [-0.15, -0.1) is 0 Å². The Kier molecular flexibility index (Phi) is 4.74. The number of benzene rings is 1. The van der Waals surface area contributed by atoms with Gasteiger partial charge in [0.15, 0.2) is 0 Å². The summed E-state index contributed by atoms with van der Waals surface area (Å²) in [6.45, 7) is 0.538. The summed E-state index contributed by atoms with van der Waals surface area (Å²) in [6.07, 6.45) is 2.96. The molecule has 2 rings (SSSR count). The molecule has 0 unspecified atom stereocenters. The fourth-order valence-electron chi connectivity index (χ4n) is 2.66. The van der Waals surface area contributed by atoms with Crippen molar-refractivity contribution in [3.8, 4) is 0 Å². The monoisotopic (exact) mass is 294 g/mol. The van der Waals surface area contributed by atoms with Crippen LogP contribution in [0.3, 0.4) is 0 Å². The standard InChI is InChI=1S/C14H18N2O5/c17-10-6-4-9(5-7-10)8-15-12-3-1-2-11(14(18)19)13(12)16(20)21/h1-3,9-10,15,17H,4-8H2,(H,18,19). The van der Waals surface area contributed by atoms with Crippen LogP contribution in [0.4, 0.5) is 11.4 Å². The van der Waals surface area contributed by atoms with E-state index in [4.69, 9.17) is 5.11 Å². The van der Waals surface area contributed by atoms with Crippen molar-refractivity contribution in [2.24, 2.45) is 5.92 Å². The predicted octanol–water partition coefficient (Wildman–Crippen LogP) is 2.26. The molecule has 1 saturated carbocycles. The Labute approximate surface area is 121 Å². The molecule has 1 aliphatic rings. The lowest BCUT2D eigenvalue weighted by Crippen LogP contribution is -2.23. The van der Waals surface area contributed by atoms with Gasteiger partial charge in [-0.2, -0.15) is 0 Å². The minimum absolute atomic E-state index is 0.228. The van der Waals surface area contributed by atoms with Crippen LogP contribution in [-0.2, 0) is 0 Å². The molecule has 7 heteroatoms. The molecular weight excluding hydrogens is 276 g/mol. The Morgan fingerprint density at radius 2 is 2.00 bits per heavy atom. The van der Waals surface area contributed by atoms with Crippen molar-refractivity contribution in [2.45, 2.75) is 31.8 Å². The number of aliphatic hydroxyl groups is 1. The number of aliphatic hydroxyl groups excluding tert-OH is 1. The number of nitro groups is 1. The third-order valence-electron chi connectivity index (χ3n) is 3.85. The van der Waals surface area contributed by atoms with E-state index in [9.17, 15) is 20.0 Å². The minimum Gasteiger partial charge on any atom is -0.477 e. The zero-order valence-electron chi connectivity index (χ0n) is 11.5. The number of carbonyl (C=O) groups is 1. The Hall–Kier alpha value is -2.15. The van der Waals surface area contributed by atoms with E-state index in [0.717, 1.165) is 25.7 Å². The maximum atomic E-state index is 11.1. The van der Waals surface area contributed by atoms with Crippen LogP contribution in [0.1, 0.15) is 36.0 Å². The summed E-state index contributed by atoms with van der Waals surface area (Å²) in [5, 5.41) is 32.6. The van der Waals surface area contributed by atoms with E-state index < -0.39 is 16.6 Å². The number of hydrogen-bond acceptors (Lipinski definition) is 5. The second-order valence-electron chi connectivity index (χ2n) is 5.32. The molecule has 114 valence electrons. The summed E-state index contributed by atoms with van der Waals surface area (Å²) >= 11 is 0. The molecule has 0 saturated heterocycles. The van der Waals surface area contributed by atoms with Crippen LogP contribution < -0.4 is 5.32 Å². The number of hydrogen-bond donors (Lipinski definition) is 3. The fraction of sp³-hybridized carbons (Fsp3) is 0.500. The average molecular weight is 294 g/mol. The molecule has 0 aromatic heterocycles. The first-order valence-corrected chi connectivity index (χ1v) is 6.91. The van der Waals surface area contributed by atoms with E-state index >= 15 is 0 Å². The molecule has 0 amide bonds. The molecule has 1 aliphatic carbocycles. The van der Waals surface area contributed by atoms with Crippen LogP contribution in [0.15, 0.2) is 18.2 Å². The quantitative estimate of drug-likeness (QED) is 0.567. The molecule has 0 radical (unpaired) electrons. The van der Waals surface area contributed by atoms with Crippen LogP contribution >= 0.6 is 0 Å². The van der Waals surface area contributed by atoms with E-state index in [1.165, 1.54) is 18.2 Å². The summed E-state index contributed by atoms with van der Waals surface area (Å²) in [4.78, 5) is 21.5. The van der Waals surface area contributed by atoms with Crippen LogP contribution in [-0.4, -0.2) is 33.8 Å². The van der Waals surface area contributed by atoms with Crippen molar-refractivity contribution < 1.29 is 19.9 Å². The molecule has 0 aliphatic heterocycles. The number of aromatic carboxylic acids is 1. The molecular formula is C14H18N2O5. The first-order valence-electron chi connectivity index (χ1n) is 6.91. The Morgan fingerprint density at radius 1 is 1.33 bits per heavy atom. The third-order valence-corrected chi connectivity index (χ3v) is 3.85. The molecule has 1 aromatic carbocycles. The zero-order valence-corrected chi connectivity index (χ0v) is 11.5. The summed E-state index contributed by atoms with van der Waals surface area (Å²) in [6, 6.07) is 4.23. The normalized spacial score (nSPS) is 21.8. The van der Waals surface area contributed by atoms with Crippen molar-refractivity contribution in [3.63, 3.8) is 0 Å². The highest BCUT2D eigenvalue weighted by atomic mass is 16.6. The van der Waals surface area contributed by atoms with Gasteiger partial charge in [0, 0.05) is 6.54 Å². The van der Waals surface area contributed by atoms with Crippen LogP contribution in [0.2, 0.25) is 0 Å². The number of nitrogens with one attached hydrogen (secondary N) is 1. The highest BCUT2D eigenvalue weighted by Crippen LogP contribution is 2.30. The van der Waals surface area contributed by atoms with Gasteiger partial charge in [0.25, 0.3) is 0 Å². The lowest BCUT2D eigenvalue weighted by Gasteiger charge is -2.25. The molecule has 1 aromatic rings. The highest BCUT2D eigenvalue weighted by molar-refractivity contribution is 5.95. The summed E-state index contributed by atoms with van der Waals surface area (Å²) in [5.41, 5.74) is -0.490. The van der Waals surface area contributed by atoms with Gasteiger partial charge in [0.2, 0.25) is 0 Å². The lowest BCUT2D eigenvalue weighted by molar-refractivity contribution is -0.384. The first kappa shape index (κ1) is 15.2. The van der Waals surface area contributed by atoms with E-state index in [1.54, 1.807) is 0 Å². The van der Waals surface area contributed by atoms with Crippen LogP contribution in [0.25, 0.3) is 0 Å². The smallest absolute Gasteiger partial charge is 0.342 e. The predicted molar refractivity (Wildman–Crippen MR) is 76.5 cm³/mol. The second-order valence-corrected chi connectivity index (χ2v) is 5.32. The number of nitro benzene ring substituents is 1. The summed E-state index contributed by atoms with van der Waals surface area (Å²) < 4.78 is 0. The van der Waals surface area contributed by atoms with E-state index in [-0.39, 0.29) is 17.4 Å². The van der Waals surface area contributed by atoms with E-state index in [0.29, 0.717) is 12.5 Å². The number of rotatable bonds is 5. The fourth-order valence-corrected chi connectivity index (χ4v) is 2.66. The number of para-hydroxylation sites is 1. The maximum Gasteiger partial charge on any atom is 0.342 e. The van der Waals surface area contributed by atoms with Gasteiger partial charge in [0.1, 0.15) is 11.3 Å². The van der Waals surface area contributed by atoms with E-state index in [1.807, 2.05) is 0 Å². The molecule has 0 atom stereocenters. The minimum atomic E-state index is -1.31. The lowest BCUT2D eigenvalue weighted by atomic mass is 9.87. The number of carboxylic acids is 1. The Morgan fingerprint density at radius 3 is 2.57 bits per heavy atom. The van der Waals surface area contributed by atoms with Gasteiger partial charge >= 0.3 is 11.7 Å². The molecule has 3 N–H and O–H groups in total. The number of carboxylic acid groups (broad SMARTS) is 1. The van der Waals surface area contributed by atoms with Crippen molar-refractivity contribution in [3.05, 3.63) is 33.9 Å². The van der Waals surface area contributed by atoms with Crippen molar-refractivity contribution >= 4 is 17.3 Å². The van der Waals surface area contributed by atoms with Crippen LogP contribution in [0, 0.1) is 16.0 Å². The molecule has 21 heavy (non-hydrogen) atoms. The summed E-state index contributed by atoms with van der Waals surface area (Å²) in [5.74, 6) is -0.979. The van der Waals surface area contributed by atoms with Crippen LogP contribution in [0.5, 0.6) is 0 Å². The molecule has 7 nitrogen and oxygen atoms in total. The van der Waals surface area contributed by atoms with Gasteiger partial charge in [-0.05, 0) is 43.7 Å². The average Bonchev–Trinajstić information content (AvgIpc) is 2.46. The van der Waals surface area contributed by atoms with Crippen molar-refractivity contribution in [2.75, 3.05) is 11.9 Å². The van der Waals surface area contributed by atoms with Crippen molar-refractivity contribution in [1.29, 1.82) is 0 Å². The largest absolute Gasteiger partial charge is 0.477 e. The SMILES string of the molecule is O=C(O)c1cccc(NCC2CCC(O)CC2)c1[N+](=O)[O-]. The van der Waals surface area contributed by atoms with Gasteiger partial charge in [-0.1, -0.05) is 6.07 Å².